The molecule has 6 heteroatoms. The number of aromatic amines is 1. The van der Waals surface area contributed by atoms with E-state index in [9.17, 15) is 10.1 Å². The number of rotatable bonds is 5. The first kappa shape index (κ1) is 16.5. The van der Waals surface area contributed by atoms with Crippen molar-refractivity contribution in [2.45, 2.75) is 45.1 Å². The number of H-pyrrole nitrogens is 1. The summed E-state index contributed by atoms with van der Waals surface area (Å²) in [5.41, 5.74) is 0.381. The number of aromatic nitrogens is 2. The normalized spacial score (nSPS) is 19.6. The van der Waals surface area contributed by atoms with E-state index in [0.29, 0.717) is 12.5 Å². The third-order valence-corrected chi connectivity index (χ3v) is 4.70. The molecule has 2 rings (SSSR count). The van der Waals surface area contributed by atoms with Crippen LogP contribution < -0.4 is 5.32 Å². The van der Waals surface area contributed by atoms with E-state index in [0.717, 1.165) is 25.9 Å². The first-order valence-electron chi connectivity index (χ1n) is 7.88. The molecule has 0 aromatic carbocycles. The Morgan fingerprint density at radius 1 is 1.59 bits per heavy atom. The Balaban J connectivity index is 1.81. The highest BCUT2D eigenvalue weighted by Gasteiger charge is 2.31. The van der Waals surface area contributed by atoms with Crippen LogP contribution in [0.2, 0.25) is 0 Å². The minimum atomic E-state index is -0.800. The fraction of sp³-hybridized carbons (Fsp3) is 0.688. The SMILES string of the molecule is CC(C)[C@](C)(C#N)NC(=O)CN1CCC(c2ccn[nH]2)CC1. The van der Waals surface area contributed by atoms with Crippen LogP contribution in [-0.2, 0) is 4.79 Å². The van der Waals surface area contributed by atoms with E-state index in [4.69, 9.17) is 0 Å². The third-order valence-electron chi connectivity index (χ3n) is 4.70. The smallest absolute Gasteiger partial charge is 0.235 e. The number of nitriles is 1. The van der Waals surface area contributed by atoms with Gasteiger partial charge < -0.3 is 5.32 Å². The fourth-order valence-electron chi connectivity index (χ4n) is 2.73. The predicted octanol–water partition coefficient (Wildman–Crippen LogP) is 1.64. The van der Waals surface area contributed by atoms with E-state index < -0.39 is 5.54 Å². The third kappa shape index (κ3) is 3.86. The Morgan fingerprint density at radius 3 is 2.77 bits per heavy atom. The number of nitrogens with one attached hydrogen (secondary N) is 2. The van der Waals surface area contributed by atoms with Crippen LogP contribution >= 0.6 is 0 Å². The minimum absolute atomic E-state index is 0.0715. The van der Waals surface area contributed by atoms with Crippen LogP contribution in [0, 0.1) is 17.2 Å². The topological polar surface area (TPSA) is 84.8 Å². The van der Waals surface area contributed by atoms with Gasteiger partial charge in [-0.1, -0.05) is 13.8 Å². The van der Waals surface area contributed by atoms with Gasteiger partial charge in [-0.3, -0.25) is 14.8 Å². The van der Waals surface area contributed by atoms with Crippen molar-refractivity contribution in [1.82, 2.24) is 20.4 Å². The first-order chi connectivity index (χ1) is 10.4. The molecular weight excluding hydrogens is 278 g/mol. The summed E-state index contributed by atoms with van der Waals surface area (Å²) in [4.78, 5) is 14.3. The highest BCUT2D eigenvalue weighted by atomic mass is 16.2. The second-order valence-corrected chi connectivity index (χ2v) is 6.58. The molecule has 0 saturated carbocycles. The number of carbonyl (C=O) groups excluding carboxylic acids is 1. The van der Waals surface area contributed by atoms with Gasteiger partial charge in [0.2, 0.25) is 5.91 Å². The summed E-state index contributed by atoms with van der Waals surface area (Å²) < 4.78 is 0. The maximum Gasteiger partial charge on any atom is 0.235 e. The Hall–Kier alpha value is -1.87. The molecule has 1 aliphatic heterocycles. The fourth-order valence-corrected chi connectivity index (χ4v) is 2.73. The molecule has 22 heavy (non-hydrogen) atoms. The zero-order chi connectivity index (χ0) is 16.2. The number of likely N-dealkylation sites (tertiary alicyclic amines) is 1. The van der Waals surface area contributed by atoms with Gasteiger partial charge in [-0.05, 0) is 44.8 Å². The van der Waals surface area contributed by atoms with Gasteiger partial charge in [0, 0.05) is 17.8 Å². The van der Waals surface area contributed by atoms with Crippen LogP contribution in [0.15, 0.2) is 12.3 Å². The summed E-state index contributed by atoms with van der Waals surface area (Å²) in [5, 5.41) is 19.2. The quantitative estimate of drug-likeness (QED) is 0.866. The molecule has 0 spiro atoms. The number of carbonyl (C=O) groups is 1. The number of piperidine rings is 1. The Labute approximate surface area is 131 Å². The van der Waals surface area contributed by atoms with Crippen molar-refractivity contribution in [3.8, 4) is 6.07 Å². The zero-order valence-corrected chi connectivity index (χ0v) is 13.6. The molecule has 1 fully saturated rings. The number of hydrogen-bond donors (Lipinski definition) is 2. The standard InChI is InChI=1S/C16H25N5O/c1-12(2)16(3,11-17)19-15(22)10-21-8-5-13(6-9-21)14-4-7-18-20-14/h4,7,12-13H,5-6,8-10H2,1-3H3,(H,18,20)(H,19,22)/t16-/m0/s1. The van der Waals surface area contributed by atoms with Crippen LogP contribution in [0.1, 0.15) is 45.2 Å². The van der Waals surface area contributed by atoms with Crippen LogP contribution in [0.4, 0.5) is 0 Å². The number of amides is 1. The molecular formula is C16H25N5O. The van der Waals surface area contributed by atoms with E-state index in [1.165, 1.54) is 5.69 Å². The van der Waals surface area contributed by atoms with Crippen molar-refractivity contribution in [2.75, 3.05) is 19.6 Å². The first-order valence-corrected chi connectivity index (χ1v) is 7.88. The largest absolute Gasteiger partial charge is 0.337 e. The minimum Gasteiger partial charge on any atom is -0.337 e. The molecule has 120 valence electrons. The van der Waals surface area contributed by atoms with E-state index >= 15 is 0 Å². The van der Waals surface area contributed by atoms with Crippen molar-refractivity contribution in [1.29, 1.82) is 5.26 Å². The maximum absolute atomic E-state index is 12.2. The van der Waals surface area contributed by atoms with Crippen molar-refractivity contribution >= 4 is 5.91 Å². The Morgan fingerprint density at radius 2 is 2.27 bits per heavy atom. The summed E-state index contributed by atoms with van der Waals surface area (Å²) in [7, 11) is 0. The molecule has 0 bridgehead atoms. The molecule has 1 saturated heterocycles. The molecule has 2 heterocycles. The summed E-state index contributed by atoms with van der Waals surface area (Å²) in [5.74, 6) is 0.507. The summed E-state index contributed by atoms with van der Waals surface area (Å²) >= 11 is 0. The second kappa shape index (κ2) is 6.93. The maximum atomic E-state index is 12.2. The average Bonchev–Trinajstić information content (AvgIpc) is 3.01. The monoisotopic (exact) mass is 303 g/mol. The van der Waals surface area contributed by atoms with E-state index in [1.54, 1.807) is 13.1 Å². The molecule has 0 unspecified atom stereocenters. The lowest BCUT2D eigenvalue weighted by Crippen LogP contribution is -2.52. The lowest BCUT2D eigenvalue weighted by atomic mass is 9.90. The molecule has 1 atom stereocenters. The van der Waals surface area contributed by atoms with Gasteiger partial charge in [-0.25, -0.2) is 0 Å². The Kier molecular flexibility index (Phi) is 5.19. The molecule has 1 aromatic rings. The summed E-state index contributed by atoms with van der Waals surface area (Å²) in [6.45, 7) is 7.81. The van der Waals surface area contributed by atoms with Gasteiger partial charge in [-0.2, -0.15) is 10.4 Å². The predicted molar refractivity (Wildman–Crippen MR) is 84.0 cm³/mol. The highest BCUT2D eigenvalue weighted by molar-refractivity contribution is 5.79. The second-order valence-electron chi connectivity index (χ2n) is 6.58. The van der Waals surface area contributed by atoms with Gasteiger partial charge >= 0.3 is 0 Å². The molecule has 1 amide bonds. The Bertz CT molecular complexity index is 525. The van der Waals surface area contributed by atoms with Crippen molar-refractivity contribution in [2.24, 2.45) is 5.92 Å². The zero-order valence-electron chi connectivity index (χ0n) is 13.6. The van der Waals surface area contributed by atoms with E-state index in [1.807, 2.05) is 19.9 Å². The summed E-state index contributed by atoms with van der Waals surface area (Å²) in [6, 6.07) is 4.23. The van der Waals surface area contributed by atoms with Gasteiger partial charge in [0.25, 0.3) is 0 Å². The van der Waals surface area contributed by atoms with Crippen molar-refractivity contribution in [3.05, 3.63) is 18.0 Å². The van der Waals surface area contributed by atoms with Crippen LogP contribution in [0.5, 0.6) is 0 Å². The summed E-state index contributed by atoms with van der Waals surface area (Å²) in [6.07, 6.45) is 3.83. The van der Waals surface area contributed by atoms with E-state index in [2.05, 4.69) is 26.5 Å². The van der Waals surface area contributed by atoms with Crippen LogP contribution in [0.3, 0.4) is 0 Å². The number of hydrogen-bond acceptors (Lipinski definition) is 4. The van der Waals surface area contributed by atoms with Gasteiger partial charge in [0.05, 0.1) is 12.6 Å². The molecule has 2 N–H and O–H groups in total. The molecule has 0 radical (unpaired) electrons. The average molecular weight is 303 g/mol. The molecule has 6 nitrogen and oxygen atoms in total. The van der Waals surface area contributed by atoms with E-state index in [-0.39, 0.29) is 11.8 Å². The van der Waals surface area contributed by atoms with Crippen LogP contribution in [-0.4, -0.2) is 46.2 Å². The van der Waals surface area contributed by atoms with Gasteiger partial charge in [0.15, 0.2) is 0 Å². The van der Waals surface area contributed by atoms with Crippen molar-refractivity contribution < 1.29 is 4.79 Å². The lowest BCUT2D eigenvalue weighted by molar-refractivity contribution is -0.124. The van der Waals surface area contributed by atoms with Gasteiger partial charge in [0.1, 0.15) is 5.54 Å². The molecule has 0 aliphatic carbocycles. The number of nitrogens with zero attached hydrogens (tertiary/aromatic N) is 3. The highest BCUT2D eigenvalue weighted by Crippen LogP contribution is 2.26. The van der Waals surface area contributed by atoms with Crippen molar-refractivity contribution in [3.63, 3.8) is 0 Å². The lowest BCUT2D eigenvalue weighted by Gasteiger charge is -2.33. The molecule has 1 aliphatic rings. The molecule has 1 aromatic heterocycles. The van der Waals surface area contributed by atoms with Gasteiger partial charge in [-0.15, -0.1) is 0 Å². The van der Waals surface area contributed by atoms with Crippen LogP contribution in [0.25, 0.3) is 0 Å².